The van der Waals surface area contributed by atoms with Crippen molar-refractivity contribution in [1.82, 2.24) is 0 Å². The highest BCUT2D eigenvalue weighted by Gasteiger charge is 1.66. The predicted octanol–water partition coefficient (Wildman–Crippen LogP) is 0.852. The maximum atomic E-state index is 9.41. The van der Waals surface area contributed by atoms with E-state index in [0.29, 0.717) is 5.57 Å². The molecule has 0 rings (SSSR count). The molecule has 9 heavy (non-hydrogen) atoms. The number of aldehydes is 1. The fourth-order valence-electron chi connectivity index (χ4n) is 0. The molecule has 0 aromatic heterocycles. The number of allylic oxidation sites excluding steroid dienone is 1. The third-order valence-corrected chi connectivity index (χ3v) is 0.201. The van der Waals surface area contributed by atoms with Crippen molar-refractivity contribution in [3.8, 4) is 0 Å². The van der Waals surface area contributed by atoms with Crippen molar-refractivity contribution in [1.29, 1.82) is 0 Å². The molecule has 0 aliphatic heterocycles. The maximum absolute atomic E-state index is 9.41. The largest absolute Gasteiger partial charge is 0.481 e. The van der Waals surface area contributed by atoms with E-state index in [1.807, 2.05) is 0 Å². The molecule has 3 nitrogen and oxygen atoms in total. The number of hydrogen-bond donors (Lipinski definition) is 1. The summed E-state index contributed by atoms with van der Waals surface area (Å²) in [6, 6.07) is 0. The zero-order valence-corrected chi connectivity index (χ0v) is 5.55. The van der Waals surface area contributed by atoms with Crippen molar-refractivity contribution in [3.05, 3.63) is 12.2 Å². The summed E-state index contributed by atoms with van der Waals surface area (Å²) >= 11 is 0. The first-order valence-electron chi connectivity index (χ1n) is 2.31. The number of aliphatic carboxylic acids is 1. The lowest BCUT2D eigenvalue weighted by molar-refractivity contribution is -0.134. The molecule has 0 bridgehead atoms. The van der Waals surface area contributed by atoms with Gasteiger partial charge in [0.05, 0.1) is 0 Å². The van der Waals surface area contributed by atoms with E-state index in [4.69, 9.17) is 9.90 Å². The summed E-state index contributed by atoms with van der Waals surface area (Å²) in [5, 5.41) is 7.42. The van der Waals surface area contributed by atoms with Crippen LogP contribution in [-0.2, 0) is 9.59 Å². The van der Waals surface area contributed by atoms with Gasteiger partial charge >= 0.3 is 0 Å². The number of hydrogen-bond acceptors (Lipinski definition) is 2. The number of carbonyl (C=O) groups excluding carboxylic acids is 1. The van der Waals surface area contributed by atoms with Gasteiger partial charge in [0.1, 0.15) is 6.29 Å². The van der Waals surface area contributed by atoms with Gasteiger partial charge in [-0.1, -0.05) is 6.58 Å². The van der Waals surface area contributed by atoms with Gasteiger partial charge in [-0.2, -0.15) is 0 Å². The van der Waals surface area contributed by atoms with Crippen LogP contribution in [0, 0.1) is 0 Å². The van der Waals surface area contributed by atoms with Gasteiger partial charge in [0, 0.05) is 6.92 Å². The summed E-state index contributed by atoms with van der Waals surface area (Å²) in [5.74, 6) is -0.833. The molecule has 0 aliphatic rings. The van der Waals surface area contributed by atoms with Crippen LogP contribution in [0.15, 0.2) is 12.2 Å². The van der Waals surface area contributed by atoms with Gasteiger partial charge in [0.2, 0.25) is 0 Å². The molecular weight excluding hydrogens is 120 g/mol. The monoisotopic (exact) mass is 130 g/mol. The Balaban J connectivity index is 0. The second kappa shape index (κ2) is 6.88. The summed E-state index contributed by atoms with van der Waals surface area (Å²) in [7, 11) is 0. The van der Waals surface area contributed by atoms with Crippen LogP contribution in [0.3, 0.4) is 0 Å². The first kappa shape index (κ1) is 10.8. The van der Waals surface area contributed by atoms with Crippen molar-refractivity contribution in [2.75, 3.05) is 0 Å². The lowest BCUT2D eigenvalue weighted by Gasteiger charge is -1.65. The average Bonchev–Trinajstić information content (AvgIpc) is 1.65. The summed E-state index contributed by atoms with van der Waals surface area (Å²) in [4.78, 5) is 18.4. The minimum absolute atomic E-state index is 0.574. The third-order valence-electron chi connectivity index (χ3n) is 0.201. The van der Waals surface area contributed by atoms with Gasteiger partial charge in [-0.25, -0.2) is 0 Å². The summed E-state index contributed by atoms with van der Waals surface area (Å²) in [6.45, 7) is 6.05. The van der Waals surface area contributed by atoms with Crippen molar-refractivity contribution in [2.24, 2.45) is 0 Å². The van der Waals surface area contributed by atoms with E-state index in [-0.39, 0.29) is 0 Å². The zero-order chi connectivity index (χ0) is 7.86. The molecule has 0 aromatic carbocycles. The molecular formula is C6H10O3. The fourth-order valence-corrected chi connectivity index (χ4v) is 0. The number of carboxylic acid groups (broad SMARTS) is 1. The van der Waals surface area contributed by atoms with Crippen LogP contribution >= 0.6 is 0 Å². The van der Waals surface area contributed by atoms with Crippen LogP contribution in [0.4, 0.5) is 0 Å². The van der Waals surface area contributed by atoms with Gasteiger partial charge in [0.25, 0.3) is 5.97 Å². The maximum Gasteiger partial charge on any atom is 0.300 e. The van der Waals surface area contributed by atoms with Crippen LogP contribution in [-0.4, -0.2) is 17.4 Å². The van der Waals surface area contributed by atoms with Crippen molar-refractivity contribution < 1.29 is 14.7 Å². The van der Waals surface area contributed by atoms with Crippen molar-refractivity contribution >= 4 is 12.3 Å². The van der Waals surface area contributed by atoms with E-state index in [1.54, 1.807) is 6.92 Å². The Morgan fingerprint density at radius 2 is 1.67 bits per heavy atom. The van der Waals surface area contributed by atoms with Crippen molar-refractivity contribution in [2.45, 2.75) is 13.8 Å². The summed E-state index contributed by atoms with van der Waals surface area (Å²) in [5.41, 5.74) is 0.574. The van der Waals surface area contributed by atoms with Gasteiger partial charge in [-0.3, -0.25) is 9.59 Å². The van der Waals surface area contributed by atoms with Crippen LogP contribution in [0.2, 0.25) is 0 Å². The minimum atomic E-state index is -0.833. The van der Waals surface area contributed by atoms with Gasteiger partial charge in [-0.15, -0.1) is 0 Å². The molecule has 0 unspecified atom stereocenters. The Bertz CT molecular complexity index is 111. The Kier molecular flexibility index (Phi) is 8.25. The Morgan fingerprint density at radius 3 is 1.67 bits per heavy atom. The second-order valence-electron chi connectivity index (χ2n) is 1.48. The van der Waals surface area contributed by atoms with Crippen LogP contribution in [0.25, 0.3) is 0 Å². The van der Waals surface area contributed by atoms with Crippen molar-refractivity contribution in [3.63, 3.8) is 0 Å². The molecule has 0 atom stereocenters. The summed E-state index contributed by atoms with van der Waals surface area (Å²) < 4.78 is 0. The van der Waals surface area contributed by atoms with Crippen LogP contribution in [0.1, 0.15) is 13.8 Å². The van der Waals surface area contributed by atoms with Gasteiger partial charge < -0.3 is 5.11 Å². The topological polar surface area (TPSA) is 54.4 Å². The fraction of sp³-hybridized carbons (Fsp3) is 0.333. The molecule has 0 saturated carbocycles. The summed E-state index contributed by atoms with van der Waals surface area (Å²) in [6.07, 6.45) is 0.722. The lowest BCUT2D eigenvalue weighted by Crippen LogP contribution is -1.78. The van der Waals surface area contributed by atoms with E-state index in [0.717, 1.165) is 13.2 Å². The van der Waals surface area contributed by atoms with Gasteiger partial charge in [0.15, 0.2) is 0 Å². The highest BCUT2D eigenvalue weighted by molar-refractivity contribution is 5.70. The minimum Gasteiger partial charge on any atom is -0.481 e. The molecule has 1 N–H and O–H groups in total. The zero-order valence-electron chi connectivity index (χ0n) is 5.55. The molecule has 3 heteroatoms. The van der Waals surface area contributed by atoms with Gasteiger partial charge in [-0.05, 0) is 12.5 Å². The Hall–Kier alpha value is -1.12. The molecule has 0 saturated heterocycles. The SMILES string of the molecule is C=C(C)C=O.CC(=O)O. The highest BCUT2D eigenvalue weighted by atomic mass is 16.4. The number of rotatable bonds is 1. The smallest absolute Gasteiger partial charge is 0.300 e. The third kappa shape index (κ3) is 212. The first-order valence-corrected chi connectivity index (χ1v) is 2.31. The molecule has 0 radical (unpaired) electrons. The van der Waals surface area contributed by atoms with Crippen LogP contribution < -0.4 is 0 Å². The lowest BCUT2D eigenvalue weighted by atomic mass is 10.4. The molecule has 0 aliphatic carbocycles. The van der Waals surface area contributed by atoms with E-state index in [9.17, 15) is 4.79 Å². The Morgan fingerprint density at radius 1 is 1.56 bits per heavy atom. The molecule has 0 amide bonds. The molecule has 0 aromatic rings. The van der Waals surface area contributed by atoms with Crippen LogP contribution in [0.5, 0.6) is 0 Å². The van der Waals surface area contributed by atoms with E-state index < -0.39 is 5.97 Å². The second-order valence-corrected chi connectivity index (χ2v) is 1.48. The molecule has 0 spiro atoms. The molecule has 0 fully saturated rings. The predicted molar refractivity (Wildman–Crippen MR) is 34.2 cm³/mol. The van der Waals surface area contributed by atoms with E-state index in [1.165, 1.54) is 0 Å². The number of carbonyl (C=O) groups is 2. The highest BCUT2D eigenvalue weighted by Crippen LogP contribution is 1.70. The quantitative estimate of drug-likeness (QED) is 0.423. The molecule has 52 valence electrons. The average molecular weight is 130 g/mol. The Labute approximate surface area is 54.0 Å². The molecule has 0 heterocycles. The van der Waals surface area contributed by atoms with E-state index >= 15 is 0 Å². The normalized spacial score (nSPS) is 6.44. The first-order chi connectivity index (χ1) is 4.00. The van der Waals surface area contributed by atoms with E-state index in [2.05, 4.69) is 6.58 Å². The number of carboxylic acids is 1. The standard InChI is InChI=1S/C4H6O.C2H4O2/c1-4(2)3-5;1-2(3)4/h3H,1H2,2H3;1H3,(H,3,4).